The average molecular weight is 338 g/mol. The van der Waals surface area contributed by atoms with Crippen LogP contribution in [-0.2, 0) is 9.59 Å². The molecule has 1 saturated heterocycles. The van der Waals surface area contributed by atoms with E-state index in [0.29, 0.717) is 6.54 Å². The molecule has 1 saturated carbocycles. The van der Waals surface area contributed by atoms with Crippen molar-refractivity contribution in [3.05, 3.63) is 0 Å². The number of rotatable bonds is 6. The zero-order valence-electron chi connectivity index (χ0n) is 15.5. The van der Waals surface area contributed by atoms with Gasteiger partial charge in [-0.15, -0.1) is 0 Å². The van der Waals surface area contributed by atoms with Crippen molar-refractivity contribution in [3.63, 3.8) is 0 Å². The molecule has 2 amide bonds. The van der Waals surface area contributed by atoms with Gasteiger partial charge in [-0.05, 0) is 38.5 Å². The molecule has 24 heavy (non-hydrogen) atoms. The largest absolute Gasteiger partial charge is 0.353 e. The molecule has 1 heterocycles. The zero-order chi connectivity index (χ0) is 17.6. The van der Waals surface area contributed by atoms with E-state index in [1.807, 2.05) is 18.7 Å². The van der Waals surface area contributed by atoms with Crippen molar-refractivity contribution in [2.24, 2.45) is 17.1 Å². The van der Waals surface area contributed by atoms with E-state index in [4.69, 9.17) is 5.73 Å². The first-order valence-corrected chi connectivity index (χ1v) is 9.86. The predicted octanol–water partition coefficient (Wildman–Crippen LogP) is 2.44. The smallest absolute Gasteiger partial charge is 0.230 e. The van der Waals surface area contributed by atoms with Crippen molar-refractivity contribution in [1.29, 1.82) is 0 Å². The minimum absolute atomic E-state index is 0.201. The summed E-state index contributed by atoms with van der Waals surface area (Å²) in [6.45, 7) is 5.97. The van der Waals surface area contributed by atoms with Crippen LogP contribution in [0.2, 0.25) is 0 Å². The number of carbonyl (C=O) groups is 2. The van der Waals surface area contributed by atoms with Gasteiger partial charge in [-0.1, -0.05) is 33.1 Å². The van der Waals surface area contributed by atoms with Crippen molar-refractivity contribution >= 4 is 11.8 Å². The Morgan fingerprint density at radius 3 is 2.12 bits per heavy atom. The quantitative estimate of drug-likeness (QED) is 0.781. The Morgan fingerprint density at radius 2 is 1.62 bits per heavy atom. The Morgan fingerprint density at radius 1 is 1.04 bits per heavy atom. The van der Waals surface area contributed by atoms with Crippen LogP contribution in [0.25, 0.3) is 0 Å². The molecule has 1 aliphatic heterocycles. The van der Waals surface area contributed by atoms with E-state index in [1.165, 1.54) is 19.3 Å². The first-order chi connectivity index (χ1) is 11.6. The number of amides is 2. The van der Waals surface area contributed by atoms with Gasteiger partial charge in [-0.25, -0.2) is 0 Å². The first kappa shape index (κ1) is 19.2. The summed E-state index contributed by atoms with van der Waals surface area (Å²) in [4.78, 5) is 27.2. The summed E-state index contributed by atoms with van der Waals surface area (Å²) < 4.78 is 0. The fraction of sp³-hybridized carbons (Fsp3) is 0.895. The molecule has 0 atom stereocenters. The molecule has 2 aliphatic rings. The molecule has 0 aromatic rings. The standard InChI is InChI=1S/C19H35N3O2/c1-3-19(4-2,14-20)18(24)22-12-10-16(11-13-22)21-17(23)15-8-6-5-7-9-15/h15-16H,3-14,20H2,1-2H3,(H,21,23). The van der Waals surface area contributed by atoms with Gasteiger partial charge in [0.25, 0.3) is 0 Å². The SMILES string of the molecule is CCC(CC)(CN)C(=O)N1CCC(NC(=O)C2CCCCC2)CC1. The molecule has 0 unspecified atom stereocenters. The van der Waals surface area contributed by atoms with Gasteiger partial charge in [0.05, 0.1) is 5.41 Å². The second kappa shape index (κ2) is 8.84. The molecular formula is C19H35N3O2. The maximum absolute atomic E-state index is 12.8. The van der Waals surface area contributed by atoms with Gasteiger partial charge >= 0.3 is 0 Å². The maximum atomic E-state index is 12.8. The van der Waals surface area contributed by atoms with E-state index >= 15 is 0 Å². The third-order valence-corrected chi connectivity index (χ3v) is 6.30. The van der Waals surface area contributed by atoms with E-state index in [0.717, 1.165) is 51.6 Å². The zero-order valence-corrected chi connectivity index (χ0v) is 15.5. The lowest BCUT2D eigenvalue weighted by Gasteiger charge is -2.39. The molecular weight excluding hydrogens is 302 g/mol. The van der Waals surface area contributed by atoms with Crippen molar-refractivity contribution in [2.45, 2.75) is 77.7 Å². The molecule has 0 aromatic heterocycles. The number of nitrogens with zero attached hydrogens (tertiary/aromatic N) is 1. The average Bonchev–Trinajstić information content (AvgIpc) is 2.65. The Balaban J connectivity index is 1.82. The van der Waals surface area contributed by atoms with Crippen LogP contribution in [0.15, 0.2) is 0 Å². The van der Waals surface area contributed by atoms with E-state index in [9.17, 15) is 9.59 Å². The van der Waals surface area contributed by atoms with Crippen molar-refractivity contribution in [1.82, 2.24) is 10.2 Å². The van der Waals surface area contributed by atoms with E-state index in [-0.39, 0.29) is 23.8 Å². The molecule has 138 valence electrons. The molecule has 2 fully saturated rings. The molecule has 0 spiro atoms. The number of nitrogens with one attached hydrogen (secondary N) is 1. The lowest BCUT2D eigenvalue weighted by molar-refractivity contribution is -0.143. The van der Waals surface area contributed by atoms with E-state index in [1.54, 1.807) is 0 Å². The van der Waals surface area contributed by atoms with Gasteiger partial charge in [0, 0.05) is 31.6 Å². The van der Waals surface area contributed by atoms with E-state index < -0.39 is 5.41 Å². The summed E-state index contributed by atoms with van der Waals surface area (Å²) in [5.74, 6) is 0.647. The topological polar surface area (TPSA) is 75.4 Å². The van der Waals surface area contributed by atoms with Crippen LogP contribution in [0.5, 0.6) is 0 Å². The summed E-state index contributed by atoms with van der Waals surface area (Å²) in [6.07, 6.45) is 9.00. The van der Waals surface area contributed by atoms with Crippen molar-refractivity contribution < 1.29 is 9.59 Å². The van der Waals surface area contributed by atoms with Crippen LogP contribution in [0.3, 0.4) is 0 Å². The Bertz CT molecular complexity index is 412. The molecule has 0 radical (unpaired) electrons. The van der Waals surface area contributed by atoms with Gasteiger partial charge in [0.2, 0.25) is 11.8 Å². The highest BCUT2D eigenvalue weighted by molar-refractivity contribution is 5.83. The first-order valence-electron chi connectivity index (χ1n) is 9.86. The lowest BCUT2D eigenvalue weighted by Crippen LogP contribution is -2.53. The monoisotopic (exact) mass is 337 g/mol. The van der Waals surface area contributed by atoms with Crippen LogP contribution in [0.1, 0.15) is 71.6 Å². The van der Waals surface area contributed by atoms with Crippen molar-refractivity contribution in [2.75, 3.05) is 19.6 Å². The van der Waals surface area contributed by atoms with E-state index in [2.05, 4.69) is 5.32 Å². The van der Waals surface area contributed by atoms with Gasteiger partial charge < -0.3 is 16.0 Å². The summed E-state index contributed by atoms with van der Waals surface area (Å²) in [6, 6.07) is 0.221. The highest BCUT2D eigenvalue weighted by Gasteiger charge is 2.38. The summed E-state index contributed by atoms with van der Waals surface area (Å²) in [5.41, 5.74) is 5.50. The van der Waals surface area contributed by atoms with Crippen LogP contribution in [0, 0.1) is 11.3 Å². The summed E-state index contributed by atoms with van der Waals surface area (Å²) in [5, 5.41) is 3.23. The lowest BCUT2D eigenvalue weighted by atomic mass is 9.80. The number of carbonyl (C=O) groups excluding carboxylic acids is 2. The predicted molar refractivity (Wildman–Crippen MR) is 96.4 cm³/mol. The Labute approximate surface area is 146 Å². The second-order valence-electron chi connectivity index (χ2n) is 7.60. The highest BCUT2D eigenvalue weighted by Crippen LogP contribution is 2.29. The Hall–Kier alpha value is -1.10. The number of likely N-dealkylation sites (tertiary alicyclic amines) is 1. The number of hydrogen-bond donors (Lipinski definition) is 2. The number of piperidine rings is 1. The fourth-order valence-corrected chi connectivity index (χ4v) is 4.17. The van der Waals surface area contributed by atoms with Crippen LogP contribution in [-0.4, -0.2) is 42.4 Å². The Kier molecular flexibility index (Phi) is 7.08. The molecule has 2 rings (SSSR count). The molecule has 3 N–H and O–H groups in total. The summed E-state index contributed by atoms with van der Waals surface area (Å²) >= 11 is 0. The minimum atomic E-state index is -0.405. The van der Waals surface area contributed by atoms with Gasteiger partial charge in [-0.3, -0.25) is 9.59 Å². The fourth-order valence-electron chi connectivity index (χ4n) is 4.17. The van der Waals surface area contributed by atoms with Crippen LogP contribution in [0.4, 0.5) is 0 Å². The highest BCUT2D eigenvalue weighted by atomic mass is 16.2. The second-order valence-corrected chi connectivity index (χ2v) is 7.60. The van der Waals surface area contributed by atoms with Crippen LogP contribution < -0.4 is 11.1 Å². The number of hydrogen-bond acceptors (Lipinski definition) is 3. The number of nitrogens with two attached hydrogens (primary N) is 1. The minimum Gasteiger partial charge on any atom is -0.353 e. The van der Waals surface area contributed by atoms with Crippen molar-refractivity contribution in [3.8, 4) is 0 Å². The third-order valence-electron chi connectivity index (χ3n) is 6.30. The van der Waals surface area contributed by atoms with Gasteiger partial charge in [0.15, 0.2) is 0 Å². The van der Waals surface area contributed by atoms with Gasteiger partial charge in [0.1, 0.15) is 0 Å². The molecule has 1 aliphatic carbocycles. The maximum Gasteiger partial charge on any atom is 0.230 e. The normalized spacial score (nSPS) is 20.9. The van der Waals surface area contributed by atoms with Gasteiger partial charge in [-0.2, -0.15) is 0 Å². The molecule has 0 bridgehead atoms. The molecule has 0 aromatic carbocycles. The third kappa shape index (κ3) is 4.29. The molecule has 5 nitrogen and oxygen atoms in total. The van der Waals surface area contributed by atoms with Crippen LogP contribution >= 0.6 is 0 Å². The summed E-state index contributed by atoms with van der Waals surface area (Å²) in [7, 11) is 0. The molecule has 5 heteroatoms.